The van der Waals surface area contributed by atoms with Crippen LogP contribution in [0.1, 0.15) is 54.4 Å². The molecule has 3 aromatic rings. The maximum absolute atomic E-state index is 11.3. The molecule has 2 fully saturated rings. The third kappa shape index (κ3) is 5.85. The molecule has 2 aliphatic heterocycles. The predicted molar refractivity (Wildman–Crippen MR) is 145 cm³/mol. The van der Waals surface area contributed by atoms with Crippen molar-refractivity contribution in [3.63, 3.8) is 0 Å². The van der Waals surface area contributed by atoms with Crippen molar-refractivity contribution >= 4 is 17.3 Å². The second-order valence-corrected chi connectivity index (χ2v) is 10.8. The Morgan fingerprint density at radius 2 is 1.68 bits per heavy atom. The number of benzene rings is 3. The number of nitrogen functional groups attached to an aromatic ring is 1. The van der Waals surface area contributed by atoms with Gasteiger partial charge < -0.3 is 30.3 Å². The molecule has 2 saturated heterocycles. The zero-order chi connectivity index (χ0) is 26.0. The largest absolute Gasteiger partial charge is 0.399 e. The van der Waals surface area contributed by atoms with Gasteiger partial charge in [-0.05, 0) is 53.8 Å². The van der Waals surface area contributed by atoms with Crippen LogP contribution in [0.3, 0.4) is 0 Å². The van der Waals surface area contributed by atoms with Crippen LogP contribution < -0.4 is 5.73 Å². The fourth-order valence-corrected chi connectivity index (χ4v) is 5.57. The number of nitrogens with two attached hydrogens (primary N) is 1. The van der Waals surface area contributed by atoms with Gasteiger partial charge in [0.1, 0.15) is 0 Å². The van der Waals surface area contributed by atoms with Crippen LogP contribution >= 0.6 is 11.6 Å². The summed E-state index contributed by atoms with van der Waals surface area (Å²) in [7, 11) is 0. The van der Waals surface area contributed by atoms with E-state index in [2.05, 4.69) is 11.8 Å². The summed E-state index contributed by atoms with van der Waals surface area (Å²) in [5.41, 5.74) is 9.62. The van der Waals surface area contributed by atoms with Crippen LogP contribution in [0.2, 0.25) is 5.02 Å². The second kappa shape index (κ2) is 11.1. The molecule has 3 aromatic carbocycles. The van der Waals surface area contributed by atoms with Crippen molar-refractivity contribution in [2.24, 2.45) is 5.92 Å². The number of likely N-dealkylation sites (tertiary alicyclic amines) is 1. The number of hydrogen-bond acceptors (Lipinski definition) is 6. The number of rotatable bonds is 6. The Kier molecular flexibility index (Phi) is 7.86. The van der Waals surface area contributed by atoms with E-state index in [1.807, 2.05) is 72.8 Å². The van der Waals surface area contributed by atoms with Gasteiger partial charge in [0.25, 0.3) is 0 Å². The van der Waals surface area contributed by atoms with Gasteiger partial charge in [-0.3, -0.25) is 0 Å². The van der Waals surface area contributed by atoms with Crippen molar-refractivity contribution in [1.29, 1.82) is 0 Å². The maximum atomic E-state index is 11.3. The van der Waals surface area contributed by atoms with Gasteiger partial charge in [0.15, 0.2) is 6.29 Å². The number of nitrogens with zero attached hydrogens (tertiary/aromatic N) is 1. The number of hydrogen-bond donors (Lipinski definition) is 3. The summed E-state index contributed by atoms with van der Waals surface area (Å²) in [6.07, 6.45) is 0.509. The summed E-state index contributed by atoms with van der Waals surface area (Å²) in [5.74, 6) is 0.0920. The molecule has 0 amide bonds. The van der Waals surface area contributed by atoms with Gasteiger partial charge in [-0.15, -0.1) is 0 Å². The second-order valence-electron chi connectivity index (χ2n) is 10.3. The van der Waals surface area contributed by atoms with E-state index in [-0.39, 0.29) is 24.7 Å². The normalized spacial score (nSPS) is 26.2. The van der Waals surface area contributed by atoms with Crippen molar-refractivity contribution in [3.05, 3.63) is 100 Å². The molecule has 0 saturated carbocycles. The van der Waals surface area contributed by atoms with E-state index < -0.39 is 11.9 Å². The number of anilines is 1. The summed E-state index contributed by atoms with van der Waals surface area (Å²) in [5, 5.41) is 21.4. The zero-order valence-electron chi connectivity index (χ0n) is 21.1. The first-order valence-corrected chi connectivity index (χ1v) is 13.3. The summed E-state index contributed by atoms with van der Waals surface area (Å²) < 4.78 is 13.1. The molecule has 0 unspecified atom stereocenters. The minimum atomic E-state index is -0.843. The fourth-order valence-electron chi connectivity index (χ4n) is 5.44. The van der Waals surface area contributed by atoms with Crippen molar-refractivity contribution in [2.75, 3.05) is 25.4 Å². The van der Waals surface area contributed by atoms with Crippen LogP contribution in [0.5, 0.6) is 0 Å². The fraction of sp³-hybridized carbons (Fsp3) is 0.400. The highest BCUT2D eigenvalue weighted by molar-refractivity contribution is 6.30. The Morgan fingerprint density at radius 1 is 0.973 bits per heavy atom. The lowest BCUT2D eigenvalue weighted by atomic mass is 9.84. The van der Waals surface area contributed by atoms with E-state index in [0.29, 0.717) is 23.6 Å². The Labute approximate surface area is 223 Å². The highest BCUT2D eigenvalue weighted by atomic mass is 35.5. The van der Waals surface area contributed by atoms with Crippen LogP contribution in [0.15, 0.2) is 72.8 Å². The standard InChI is InChI=1S/C30H35ClN2O4/c1-20-27(18-33-15-13-30(35,14-16-33)24-9-11-25(31)12-10-24)36-29(23-3-2-4-26(32)17-23)37-28(20)22-7-5-21(19-34)6-8-22/h2-12,17,20,27-29,34-35H,13-16,18-19,32H2,1H3/t20-,27+,28+,29+/m1/s1. The smallest absolute Gasteiger partial charge is 0.185 e. The molecule has 196 valence electrons. The van der Waals surface area contributed by atoms with Crippen LogP contribution in [0, 0.1) is 5.92 Å². The highest BCUT2D eigenvalue weighted by Crippen LogP contribution is 2.42. The zero-order valence-corrected chi connectivity index (χ0v) is 21.8. The van der Waals surface area contributed by atoms with Crippen molar-refractivity contribution in [1.82, 2.24) is 4.90 Å². The van der Waals surface area contributed by atoms with Crippen molar-refractivity contribution in [3.8, 4) is 0 Å². The molecule has 7 heteroatoms. The molecule has 0 aliphatic carbocycles. The van der Waals surface area contributed by atoms with Crippen molar-refractivity contribution in [2.45, 2.75) is 50.5 Å². The number of aliphatic hydroxyl groups excluding tert-OH is 1. The van der Waals surface area contributed by atoms with Gasteiger partial charge in [-0.1, -0.05) is 67.1 Å². The number of piperidine rings is 1. The average Bonchev–Trinajstić information content (AvgIpc) is 2.91. The third-order valence-corrected chi connectivity index (χ3v) is 8.06. The Balaban J connectivity index is 1.33. The van der Waals surface area contributed by atoms with Gasteiger partial charge in [-0.2, -0.15) is 0 Å². The van der Waals surface area contributed by atoms with Gasteiger partial charge in [-0.25, -0.2) is 0 Å². The lowest BCUT2D eigenvalue weighted by Crippen LogP contribution is -2.49. The average molecular weight is 523 g/mol. The van der Waals surface area contributed by atoms with E-state index in [0.717, 1.165) is 41.9 Å². The van der Waals surface area contributed by atoms with Gasteiger partial charge >= 0.3 is 0 Å². The first-order valence-electron chi connectivity index (χ1n) is 12.9. The van der Waals surface area contributed by atoms with Crippen LogP contribution in [-0.4, -0.2) is 40.9 Å². The third-order valence-electron chi connectivity index (χ3n) is 7.81. The minimum Gasteiger partial charge on any atom is -0.399 e. The van der Waals surface area contributed by atoms with Crippen LogP contribution in [0.25, 0.3) is 0 Å². The van der Waals surface area contributed by atoms with Gasteiger partial charge in [0.05, 0.1) is 24.4 Å². The lowest BCUT2D eigenvalue weighted by molar-refractivity contribution is -0.277. The SMILES string of the molecule is C[C@@H]1[C@H](CN2CCC(O)(c3ccc(Cl)cc3)CC2)O[C@H](c2cccc(N)c2)O[C@@H]1c1ccc(CO)cc1. The summed E-state index contributed by atoms with van der Waals surface area (Å²) in [6.45, 7) is 4.46. The molecule has 4 atom stereocenters. The first kappa shape index (κ1) is 26.2. The van der Waals surface area contributed by atoms with E-state index in [9.17, 15) is 10.2 Å². The number of aliphatic hydroxyl groups is 2. The Hall–Kier alpha value is -2.45. The van der Waals surface area contributed by atoms with Crippen molar-refractivity contribution < 1.29 is 19.7 Å². The predicted octanol–water partition coefficient (Wildman–Crippen LogP) is 5.19. The molecule has 5 rings (SSSR count). The van der Waals surface area contributed by atoms with Crippen LogP contribution in [0.4, 0.5) is 5.69 Å². The summed E-state index contributed by atoms with van der Waals surface area (Å²) in [6, 6.07) is 23.1. The molecule has 4 N–H and O–H groups in total. The first-order chi connectivity index (χ1) is 17.8. The van der Waals surface area contributed by atoms with E-state index in [4.69, 9.17) is 26.8 Å². The number of ether oxygens (including phenoxy) is 2. The van der Waals surface area contributed by atoms with E-state index in [1.165, 1.54) is 0 Å². The Bertz CT molecular complexity index is 1180. The molecule has 0 radical (unpaired) electrons. The minimum absolute atomic E-state index is 0.0103. The van der Waals surface area contributed by atoms with E-state index >= 15 is 0 Å². The highest BCUT2D eigenvalue weighted by Gasteiger charge is 2.41. The molecule has 0 bridgehead atoms. The molecule has 6 nitrogen and oxygen atoms in total. The molecule has 2 heterocycles. The Morgan fingerprint density at radius 3 is 2.32 bits per heavy atom. The molecular formula is C30H35ClN2O4. The van der Waals surface area contributed by atoms with Crippen LogP contribution in [-0.2, 0) is 21.7 Å². The molecule has 37 heavy (non-hydrogen) atoms. The van der Waals surface area contributed by atoms with Gasteiger partial charge in [0, 0.05) is 41.8 Å². The number of halogens is 1. The summed E-state index contributed by atoms with van der Waals surface area (Å²) >= 11 is 6.05. The molecule has 2 aliphatic rings. The topological polar surface area (TPSA) is 88.2 Å². The molecule has 0 aromatic heterocycles. The lowest BCUT2D eigenvalue weighted by Gasteiger charge is -2.45. The quantitative estimate of drug-likeness (QED) is 0.386. The van der Waals surface area contributed by atoms with E-state index in [1.54, 1.807) is 0 Å². The molecule has 0 spiro atoms. The maximum Gasteiger partial charge on any atom is 0.185 e. The molecular weight excluding hydrogens is 488 g/mol. The van der Waals surface area contributed by atoms with Gasteiger partial charge in [0.2, 0.25) is 0 Å². The monoisotopic (exact) mass is 522 g/mol. The summed E-state index contributed by atoms with van der Waals surface area (Å²) in [4.78, 5) is 2.37.